The van der Waals surface area contributed by atoms with E-state index in [1.807, 2.05) is 38.1 Å². The average molecular weight is 280 g/mol. The number of carbonyl (C=O) groups is 1. The average Bonchev–Trinajstić information content (AvgIpc) is 2.50. The van der Waals surface area contributed by atoms with Crippen molar-refractivity contribution in [2.75, 3.05) is 20.3 Å². The highest BCUT2D eigenvalue weighted by atomic mass is 16.5. The lowest BCUT2D eigenvalue weighted by molar-refractivity contribution is -0.123. The summed E-state index contributed by atoms with van der Waals surface area (Å²) in [5.74, 6) is 1.58. The maximum atomic E-state index is 11.7. The molecule has 1 aromatic rings. The Morgan fingerprint density at radius 2 is 1.90 bits per heavy atom. The van der Waals surface area contributed by atoms with Crippen molar-refractivity contribution in [3.63, 3.8) is 0 Å². The second-order valence-corrected chi connectivity index (χ2v) is 4.73. The summed E-state index contributed by atoms with van der Waals surface area (Å²) in [4.78, 5) is 11.7. The molecule has 0 saturated carbocycles. The number of ether oxygens (including phenoxy) is 2. The third-order valence-electron chi connectivity index (χ3n) is 3.29. The summed E-state index contributed by atoms with van der Waals surface area (Å²) >= 11 is 0. The summed E-state index contributed by atoms with van der Waals surface area (Å²) in [7, 11) is 1.62. The summed E-state index contributed by atoms with van der Waals surface area (Å²) in [6.07, 6.45) is 0.886. The zero-order chi connectivity index (χ0) is 15.0. The van der Waals surface area contributed by atoms with Crippen LogP contribution >= 0.6 is 0 Å². The van der Waals surface area contributed by atoms with E-state index in [0.29, 0.717) is 13.2 Å². The summed E-state index contributed by atoms with van der Waals surface area (Å²) in [5.41, 5.74) is 5.83. The predicted octanol–water partition coefficient (Wildman–Crippen LogP) is 1.56. The molecule has 1 aromatic carbocycles. The van der Waals surface area contributed by atoms with Gasteiger partial charge in [-0.2, -0.15) is 0 Å². The van der Waals surface area contributed by atoms with Crippen LogP contribution in [-0.4, -0.2) is 32.2 Å². The Morgan fingerprint density at radius 3 is 2.45 bits per heavy atom. The van der Waals surface area contributed by atoms with Gasteiger partial charge in [-0.3, -0.25) is 4.79 Å². The maximum Gasteiger partial charge on any atom is 0.237 e. The quantitative estimate of drug-likeness (QED) is 0.709. The molecular weight excluding hydrogens is 256 g/mol. The van der Waals surface area contributed by atoms with Gasteiger partial charge in [0.2, 0.25) is 5.91 Å². The van der Waals surface area contributed by atoms with E-state index in [1.54, 1.807) is 7.11 Å². The van der Waals surface area contributed by atoms with Crippen LogP contribution in [0.2, 0.25) is 0 Å². The van der Waals surface area contributed by atoms with Crippen LogP contribution in [0.25, 0.3) is 0 Å². The minimum absolute atomic E-state index is 0.127. The van der Waals surface area contributed by atoms with Crippen LogP contribution in [-0.2, 0) is 4.79 Å². The second-order valence-electron chi connectivity index (χ2n) is 4.73. The Balaban J connectivity index is 2.25. The first-order valence-electron chi connectivity index (χ1n) is 6.88. The number of hydrogen-bond acceptors (Lipinski definition) is 4. The summed E-state index contributed by atoms with van der Waals surface area (Å²) in [6, 6.07) is 6.84. The predicted molar refractivity (Wildman–Crippen MR) is 78.9 cm³/mol. The molecule has 0 saturated heterocycles. The third kappa shape index (κ3) is 5.09. The normalized spacial score (nSPS) is 13.4. The second kappa shape index (κ2) is 8.43. The molecule has 0 bridgehead atoms. The monoisotopic (exact) mass is 280 g/mol. The zero-order valence-corrected chi connectivity index (χ0v) is 12.4. The lowest BCUT2D eigenvalue weighted by atomic mass is 9.99. The fraction of sp³-hybridized carbons (Fsp3) is 0.533. The molecule has 0 radical (unpaired) electrons. The first kappa shape index (κ1) is 16.3. The van der Waals surface area contributed by atoms with Gasteiger partial charge in [0.15, 0.2) is 0 Å². The van der Waals surface area contributed by atoms with Crippen molar-refractivity contribution >= 4 is 5.91 Å². The lowest BCUT2D eigenvalue weighted by Gasteiger charge is -2.17. The third-order valence-corrected chi connectivity index (χ3v) is 3.29. The van der Waals surface area contributed by atoms with E-state index in [2.05, 4.69) is 5.32 Å². The van der Waals surface area contributed by atoms with Crippen molar-refractivity contribution in [1.29, 1.82) is 0 Å². The van der Waals surface area contributed by atoms with E-state index in [4.69, 9.17) is 15.2 Å². The lowest BCUT2D eigenvalue weighted by Crippen LogP contribution is -2.45. The minimum atomic E-state index is -0.457. The molecule has 5 nitrogen and oxygen atoms in total. The van der Waals surface area contributed by atoms with Crippen LogP contribution in [0.15, 0.2) is 24.3 Å². The number of amides is 1. The van der Waals surface area contributed by atoms with Crippen LogP contribution in [0.5, 0.6) is 11.5 Å². The molecule has 20 heavy (non-hydrogen) atoms. The van der Waals surface area contributed by atoms with Gasteiger partial charge in [-0.1, -0.05) is 20.3 Å². The van der Waals surface area contributed by atoms with E-state index >= 15 is 0 Å². The molecule has 5 heteroatoms. The van der Waals surface area contributed by atoms with Crippen LogP contribution in [0.4, 0.5) is 0 Å². The Hall–Kier alpha value is -1.75. The number of carbonyl (C=O) groups excluding carboxylic acids is 1. The van der Waals surface area contributed by atoms with Crippen molar-refractivity contribution in [2.24, 2.45) is 11.7 Å². The molecule has 0 aromatic heterocycles. The van der Waals surface area contributed by atoms with Gasteiger partial charge in [-0.05, 0) is 30.2 Å². The van der Waals surface area contributed by atoms with E-state index < -0.39 is 6.04 Å². The topological polar surface area (TPSA) is 73.6 Å². The van der Waals surface area contributed by atoms with Crippen molar-refractivity contribution < 1.29 is 14.3 Å². The molecule has 1 rings (SSSR count). The number of benzene rings is 1. The van der Waals surface area contributed by atoms with Gasteiger partial charge in [0.1, 0.15) is 18.1 Å². The standard InChI is InChI=1S/C15H24N2O3/c1-4-11(2)14(16)15(18)17-9-10-20-13-7-5-12(19-3)6-8-13/h5-8,11,14H,4,9-10,16H2,1-3H3,(H,17,18)/t11?,14-/m0/s1. The number of nitrogens with one attached hydrogen (secondary N) is 1. The molecule has 112 valence electrons. The van der Waals surface area contributed by atoms with Gasteiger partial charge in [0.05, 0.1) is 19.7 Å². The van der Waals surface area contributed by atoms with E-state index in [-0.39, 0.29) is 11.8 Å². The first-order valence-corrected chi connectivity index (χ1v) is 6.88. The van der Waals surface area contributed by atoms with Gasteiger partial charge >= 0.3 is 0 Å². The summed E-state index contributed by atoms with van der Waals surface area (Å²) < 4.78 is 10.6. The summed E-state index contributed by atoms with van der Waals surface area (Å²) in [5, 5.41) is 2.78. The fourth-order valence-electron chi connectivity index (χ4n) is 1.65. The molecule has 0 heterocycles. The molecule has 0 aliphatic carbocycles. The molecule has 1 unspecified atom stereocenters. The molecule has 0 aliphatic rings. The van der Waals surface area contributed by atoms with Gasteiger partial charge in [-0.15, -0.1) is 0 Å². The Labute approximate surface area is 120 Å². The minimum Gasteiger partial charge on any atom is -0.497 e. The first-order chi connectivity index (χ1) is 9.58. The zero-order valence-electron chi connectivity index (χ0n) is 12.4. The molecule has 0 fully saturated rings. The van der Waals surface area contributed by atoms with Crippen LogP contribution in [0, 0.1) is 5.92 Å². The maximum absolute atomic E-state index is 11.7. The SMILES string of the molecule is CCC(C)[C@H](N)C(=O)NCCOc1ccc(OC)cc1. The Bertz CT molecular complexity index is 406. The Morgan fingerprint density at radius 1 is 1.30 bits per heavy atom. The molecule has 1 amide bonds. The largest absolute Gasteiger partial charge is 0.497 e. The van der Waals surface area contributed by atoms with E-state index in [0.717, 1.165) is 17.9 Å². The highest BCUT2D eigenvalue weighted by Crippen LogP contribution is 2.16. The molecule has 0 aliphatic heterocycles. The van der Waals surface area contributed by atoms with Crippen LogP contribution in [0.1, 0.15) is 20.3 Å². The Kier molecular flexibility index (Phi) is 6.87. The molecular formula is C15H24N2O3. The number of methoxy groups -OCH3 is 1. The van der Waals surface area contributed by atoms with Crippen molar-refractivity contribution in [1.82, 2.24) is 5.32 Å². The number of rotatable bonds is 8. The van der Waals surface area contributed by atoms with Gasteiger partial charge in [0, 0.05) is 0 Å². The molecule has 0 spiro atoms. The van der Waals surface area contributed by atoms with Crippen LogP contribution < -0.4 is 20.5 Å². The van der Waals surface area contributed by atoms with E-state index in [1.165, 1.54) is 0 Å². The number of nitrogens with two attached hydrogens (primary N) is 1. The van der Waals surface area contributed by atoms with E-state index in [9.17, 15) is 4.79 Å². The summed E-state index contributed by atoms with van der Waals surface area (Å²) in [6.45, 7) is 4.84. The van der Waals surface area contributed by atoms with Gasteiger partial charge < -0.3 is 20.5 Å². The molecule has 3 N–H and O–H groups in total. The number of hydrogen-bond donors (Lipinski definition) is 2. The highest BCUT2D eigenvalue weighted by molar-refractivity contribution is 5.81. The van der Waals surface area contributed by atoms with Crippen LogP contribution in [0.3, 0.4) is 0 Å². The van der Waals surface area contributed by atoms with Gasteiger partial charge in [0.25, 0.3) is 0 Å². The smallest absolute Gasteiger partial charge is 0.237 e. The highest BCUT2D eigenvalue weighted by Gasteiger charge is 2.18. The van der Waals surface area contributed by atoms with Crippen molar-refractivity contribution in [2.45, 2.75) is 26.3 Å². The van der Waals surface area contributed by atoms with Gasteiger partial charge in [-0.25, -0.2) is 0 Å². The fourth-order valence-corrected chi connectivity index (χ4v) is 1.65. The molecule has 2 atom stereocenters. The van der Waals surface area contributed by atoms with Crippen molar-refractivity contribution in [3.05, 3.63) is 24.3 Å². The van der Waals surface area contributed by atoms with Crippen molar-refractivity contribution in [3.8, 4) is 11.5 Å².